The fourth-order valence-corrected chi connectivity index (χ4v) is 7.44. The zero-order chi connectivity index (χ0) is 31.8. The largest absolute Gasteiger partial charge is 0.414 e. The quantitative estimate of drug-likeness (QED) is 0.179. The summed E-state index contributed by atoms with van der Waals surface area (Å²) in [5.74, 6) is 0.341. The molecule has 2 unspecified atom stereocenters. The van der Waals surface area contributed by atoms with Crippen LogP contribution in [0.25, 0.3) is 22.0 Å². The molecule has 45 heavy (non-hydrogen) atoms. The summed E-state index contributed by atoms with van der Waals surface area (Å²) in [4.78, 5) is 13.9. The van der Waals surface area contributed by atoms with E-state index in [-0.39, 0.29) is 22.9 Å². The molecule has 0 spiro atoms. The van der Waals surface area contributed by atoms with Crippen LogP contribution in [0.4, 0.5) is 0 Å². The van der Waals surface area contributed by atoms with Crippen molar-refractivity contribution < 1.29 is 13.9 Å². The second-order valence-electron chi connectivity index (χ2n) is 14.1. The van der Waals surface area contributed by atoms with Gasteiger partial charge in [0.25, 0.3) is 5.56 Å². The van der Waals surface area contributed by atoms with Gasteiger partial charge >= 0.3 is 0 Å². The van der Waals surface area contributed by atoms with Crippen LogP contribution < -0.4 is 5.56 Å². The molecule has 0 amide bonds. The second-order valence-corrected chi connectivity index (χ2v) is 19.3. The van der Waals surface area contributed by atoms with Gasteiger partial charge in [0.1, 0.15) is 0 Å². The van der Waals surface area contributed by atoms with Crippen LogP contribution in [0.15, 0.2) is 65.6 Å². The van der Waals surface area contributed by atoms with Gasteiger partial charge < -0.3 is 18.5 Å². The predicted molar refractivity (Wildman–Crippen MR) is 184 cm³/mol. The van der Waals surface area contributed by atoms with Gasteiger partial charge in [-0.05, 0) is 97.3 Å². The zero-order valence-electron chi connectivity index (χ0n) is 27.2. The lowest BCUT2D eigenvalue weighted by Crippen LogP contribution is -2.43. The summed E-state index contributed by atoms with van der Waals surface area (Å²) in [7, 11) is -2.06. The standard InChI is InChI=1S/C36H46ClN3O4Si/c1-36(2,3)45(4,5)44-24-32(28-9-8-10-29(37)21-28)39-17-14-27(23-33(39)41)26-12-13-31-30(22-26)35(25-15-19-42-20-16-25)38-40(31)34-11-6-7-18-43-34/h8-10,12-14,17,21-23,25,32,34H,6-7,11,15-16,18-20,24H2,1-5H3. The Labute approximate surface area is 272 Å². The Balaban J connectivity index is 1.37. The van der Waals surface area contributed by atoms with E-state index < -0.39 is 8.32 Å². The van der Waals surface area contributed by atoms with Gasteiger partial charge in [-0.1, -0.05) is 50.6 Å². The van der Waals surface area contributed by atoms with Crippen LogP contribution in [0.1, 0.15) is 82.3 Å². The van der Waals surface area contributed by atoms with Gasteiger partial charge in [0.15, 0.2) is 14.5 Å². The van der Waals surface area contributed by atoms with Gasteiger partial charge in [-0.15, -0.1) is 0 Å². The molecule has 240 valence electrons. The van der Waals surface area contributed by atoms with Crippen molar-refractivity contribution in [1.29, 1.82) is 0 Å². The first kappa shape index (κ1) is 32.2. The summed E-state index contributed by atoms with van der Waals surface area (Å²) in [5.41, 5.74) is 4.96. The lowest BCUT2D eigenvalue weighted by molar-refractivity contribution is -0.0370. The van der Waals surface area contributed by atoms with Crippen LogP contribution >= 0.6 is 11.6 Å². The first-order chi connectivity index (χ1) is 21.5. The van der Waals surface area contributed by atoms with Crippen molar-refractivity contribution in [2.24, 2.45) is 0 Å². The number of nitrogens with zero attached hydrogens (tertiary/aromatic N) is 3. The SMILES string of the molecule is CC(C)(C)[Si](C)(C)OCC(c1cccc(Cl)c1)n1ccc(-c2ccc3c(c2)c(C2CCOCC2)nn3C2CCCCO2)cc1=O. The van der Waals surface area contributed by atoms with E-state index in [0.29, 0.717) is 17.5 Å². The zero-order valence-corrected chi connectivity index (χ0v) is 29.0. The second kappa shape index (κ2) is 13.2. The fraction of sp³-hybridized carbons (Fsp3) is 0.500. The molecule has 0 saturated carbocycles. The third-order valence-corrected chi connectivity index (χ3v) is 14.8. The van der Waals surface area contributed by atoms with E-state index in [1.165, 1.54) is 0 Å². The number of pyridine rings is 1. The Morgan fingerprint density at radius 3 is 2.47 bits per heavy atom. The molecule has 2 aliphatic rings. The first-order valence-corrected chi connectivity index (χ1v) is 19.6. The van der Waals surface area contributed by atoms with E-state index in [9.17, 15) is 4.79 Å². The molecule has 2 saturated heterocycles. The lowest BCUT2D eigenvalue weighted by atomic mass is 9.93. The molecule has 2 aromatic carbocycles. The summed E-state index contributed by atoms with van der Waals surface area (Å²) in [6.45, 7) is 13.8. The van der Waals surface area contributed by atoms with Crippen LogP contribution in [0.3, 0.4) is 0 Å². The van der Waals surface area contributed by atoms with E-state index in [1.807, 2.05) is 36.5 Å². The number of rotatable bonds is 8. The van der Waals surface area contributed by atoms with Gasteiger partial charge in [-0.25, -0.2) is 4.68 Å². The summed E-state index contributed by atoms with van der Waals surface area (Å²) >= 11 is 6.41. The van der Waals surface area contributed by atoms with E-state index in [2.05, 4.69) is 56.7 Å². The molecule has 2 aliphatic heterocycles. The monoisotopic (exact) mass is 647 g/mol. The molecule has 4 heterocycles. The minimum Gasteiger partial charge on any atom is -0.414 e. The summed E-state index contributed by atoms with van der Waals surface area (Å²) in [5, 5.41) is 7.01. The maximum absolute atomic E-state index is 13.9. The van der Waals surface area contributed by atoms with Crippen LogP contribution in [0, 0.1) is 0 Å². The number of benzene rings is 2. The smallest absolute Gasteiger partial charge is 0.251 e. The number of ether oxygens (including phenoxy) is 2. The number of hydrogen-bond acceptors (Lipinski definition) is 5. The molecule has 2 atom stereocenters. The number of aromatic nitrogens is 3. The molecule has 2 fully saturated rings. The van der Waals surface area contributed by atoms with Gasteiger partial charge in [0, 0.05) is 48.4 Å². The number of halogens is 1. The molecule has 9 heteroatoms. The first-order valence-electron chi connectivity index (χ1n) is 16.4. The van der Waals surface area contributed by atoms with E-state index in [0.717, 1.165) is 85.2 Å². The number of hydrogen-bond donors (Lipinski definition) is 0. The normalized spacial score (nSPS) is 19.2. The average molecular weight is 648 g/mol. The topological polar surface area (TPSA) is 67.5 Å². The highest BCUT2D eigenvalue weighted by molar-refractivity contribution is 6.74. The number of fused-ring (bicyclic) bond motifs is 1. The van der Waals surface area contributed by atoms with Crippen molar-refractivity contribution in [1.82, 2.24) is 14.3 Å². The molecule has 0 aliphatic carbocycles. The van der Waals surface area contributed by atoms with Crippen molar-refractivity contribution in [2.45, 2.75) is 89.2 Å². The van der Waals surface area contributed by atoms with Crippen molar-refractivity contribution >= 4 is 30.8 Å². The van der Waals surface area contributed by atoms with Gasteiger partial charge in [-0.3, -0.25) is 4.79 Å². The fourth-order valence-electron chi connectivity index (χ4n) is 6.23. The Hall–Kier alpha value is -2.75. The minimum absolute atomic E-state index is 0.0402. The molecular formula is C36H46ClN3O4Si. The third kappa shape index (κ3) is 6.86. The molecule has 0 N–H and O–H groups in total. The van der Waals surface area contributed by atoms with Crippen molar-refractivity contribution in [3.8, 4) is 11.1 Å². The third-order valence-electron chi connectivity index (χ3n) is 10.0. The minimum atomic E-state index is -2.06. The Kier molecular flexibility index (Phi) is 9.42. The van der Waals surface area contributed by atoms with Crippen molar-refractivity contribution in [3.63, 3.8) is 0 Å². The molecule has 0 radical (unpaired) electrons. The average Bonchev–Trinajstić information content (AvgIpc) is 3.41. The van der Waals surface area contributed by atoms with Gasteiger partial charge in [0.2, 0.25) is 0 Å². The molecule has 2 aromatic heterocycles. The van der Waals surface area contributed by atoms with Crippen LogP contribution in [0.2, 0.25) is 23.2 Å². The van der Waals surface area contributed by atoms with E-state index >= 15 is 0 Å². The molecule has 4 aromatic rings. The highest BCUT2D eigenvalue weighted by Crippen LogP contribution is 2.39. The maximum Gasteiger partial charge on any atom is 0.251 e. The van der Waals surface area contributed by atoms with Crippen molar-refractivity contribution in [2.75, 3.05) is 26.4 Å². The summed E-state index contributed by atoms with van der Waals surface area (Å²) < 4.78 is 22.4. The van der Waals surface area contributed by atoms with E-state index in [1.54, 1.807) is 10.6 Å². The van der Waals surface area contributed by atoms with Crippen LogP contribution in [0.5, 0.6) is 0 Å². The predicted octanol–water partition coefficient (Wildman–Crippen LogP) is 8.72. The molecule has 0 bridgehead atoms. The Morgan fingerprint density at radius 1 is 1.00 bits per heavy atom. The van der Waals surface area contributed by atoms with Gasteiger partial charge in [0.05, 0.1) is 23.9 Å². The summed E-state index contributed by atoms with van der Waals surface area (Å²) in [6.07, 6.45) is 6.99. The highest BCUT2D eigenvalue weighted by atomic mass is 35.5. The molecule has 7 nitrogen and oxygen atoms in total. The molecular weight excluding hydrogens is 602 g/mol. The van der Waals surface area contributed by atoms with Crippen LogP contribution in [-0.4, -0.2) is 49.1 Å². The van der Waals surface area contributed by atoms with Crippen LogP contribution in [-0.2, 0) is 13.9 Å². The summed E-state index contributed by atoms with van der Waals surface area (Å²) in [6, 6.07) is 17.7. The maximum atomic E-state index is 13.9. The lowest BCUT2D eigenvalue weighted by Gasteiger charge is -2.37. The highest BCUT2D eigenvalue weighted by Gasteiger charge is 2.38. The Morgan fingerprint density at radius 2 is 1.78 bits per heavy atom. The van der Waals surface area contributed by atoms with Crippen molar-refractivity contribution in [3.05, 3.63) is 87.4 Å². The Bertz CT molecular complexity index is 1700. The van der Waals surface area contributed by atoms with Gasteiger partial charge in [-0.2, -0.15) is 5.10 Å². The van der Waals surface area contributed by atoms with E-state index in [4.69, 9.17) is 30.6 Å². The molecule has 6 rings (SSSR count).